The van der Waals surface area contributed by atoms with E-state index in [0.29, 0.717) is 43.0 Å². The van der Waals surface area contributed by atoms with Crippen LogP contribution < -0.4 is 5.32 Å². The lowest BCUT2D eigenvalue weighted by Gasteiger charge is -2.40. The molecule has 1 amide bonds. The number of esters is 1. The molecule has 212 valence electrons. The van der Waals surface area contributed by atoms with E-state index >= 15 is 0 Å². The fourth-order valence-electron chi connectivity index (χ4n) is 6.07. The van der Waals surface area contributed by atoms with E-state index in [2.05, 4.69) is 41.4 Å². The highest BCUT2D eigenvalue weighted by Gasteiger charge is 2.50. The number of carbonyl (C=O) groups excluding carboxylic acids is 2. The number of amides is 1. The standard InChI is InChI=1S/C31H32FN5O4/c1-5-40-29(39)22-18-34-37-26(22)33-17-21(27(37)35-25-11-10-20(32)16-19(25)2)28(38)36-14-12-31(13-15-36)24-9-7-6-8-23(24)30(3,4)41-31/h6-11,16-18,35H,5,12-15H2,1-4H3. The van der Waals surface area contributed by atoms with Crippen molar-refractivity contribution in [2.45, 2.75) is 51.7 Å². The molecule has 2 aliphatic heterocycles. The molecule has 4 heterocycles. The monoisotopic (exact) mass is 557 g/mol. The van der Waals surface area contributed by atoms with Crippen molar-refractivity contribution in [3.8, 4) is 0 Å². The lowest BCUT2D eigenvalue weighted by Crippen LogP contribution is -2.46. The molecule has 6 rings (SSSR count). The van der Waals surface area contributed by atoms with Crippen LogP contribution in [0.4, 0.5) is 15.9 Å². The maximum Gasteiger partial charge on any atom is 0.343 e. The quantitative estimate of drug-likeness (QED) is 0.324. The molecule has 0 unspecified atom stereocenters. The number of ether oxygens (including phenoxy) is 2. The number of aromatic nitrogens is 3. The lowest BCUT2D eigenvalue weighted by atomic mass is 9.82. The van der Waals surface area contributed by atoms with Crippen LogP contribution in [-0.2, 0) is 20.7 Å². The molecule has 1 N–H and O–H groups in total. The number of nitrogens with zero attached hydrogens (tertiary/aromatic N) is 4. The molecule has 9 nitrogen and oxygen atoms in total. The minimum atomic E-state index is -0.556. The molecule has 4 aromatic rings. The van der Waals surface area contributed by atoms with E-state index in [1.807, 2.05) is 12.1 Å². The van der Waals surface area contributed by atoms with Crippen molar-refractivity contribution in [2.75, 3.05) is 25.0 Å². The first-order valence-electron chi connectivity index (χ1n) is 13.8. The Morgan fingerprint density at radius 2 is 1.80 bits per heavy atom. The third-order valence-corrected chi connectivity index (χ3v) is 8.07. The van der Waals surface area contributed by atoms with E-state index in [1.54, 1.807) is 24.8 Å². The zero-order chi connectivity index (χ0) is 28.9. The molecule has 2 aromatic heterocycles. The zero-order valence-electron chi connectivity index (χ0n) is 23.5. The minimum Gasteiger partial charge on any atom is -0.462 e. The summed E-state index contributed by atoms with van der Waals surface area (Å²) in [6.07, 6.45) is 4.14. The highest BCUT2D eigenvalue weighted by atomic mass is 19.1. The van der Waals surface area contributed by atoms with Crippen molar-refractivity contribution in [1.82, 2.24) is 19.5 Å². The van der Waals surface area contributed by atoms with Gasteiger partial charge in [-0.3, -0.25) is 4.79 Å². The largest absolute Gasteiger partial charge is 0.462 e. The fourth-order valence-corrected chi connectivity index (χ4v) is 6.07. The van der Waals surface area contributed by atoms with Crippen LogP contribution in [0.25, 0.3) is 5.65 Å². The number of piperidine rings is 1. The van der Waals surface area contributed by atoms with Gasteiger partial charge in [-0.05, 0) is 75.4 Å². The van der Waals surface area contributed by atoms with Crippen LogP contribution in [0.3, 0.4) is 0 Å². The number of anilines is 2. The van der Waals surface area contributed by atoms with Crippen LogP contribution in [0, 0.1) is 12.7 Å². The molecule has 0 radical (unpaired) electrons. The van der Waals surface area contributed by atoms with Gasteiger partial charge in [0.05, 0.1) is 24.0 Å². The van der Waals surface area contributed by atoms with E-state index in [1.165, 1.54) is 40.2 Å². The van der Waals surface area contributed by atoms with E-state index in [0.717, 1.165) is 0 Å². The van der Waals surface area contributed by atoms with Gasteiger partial charge in [0, 0.05) is 25.0 Å². The molecule has 2 aromatic carbocycles. The van der Waals surface area contributed by atoms with E-state index in [-0.39, 0.29) is 35.1 Å². The molecular weight excluding hydrogens is 525 g/mol. The first-order chi connectivity index (χ1) is 19.6. The number of hydrogen-bond donors (Lipinski definition) is 1. The Balaban J connectivity index is 1.34. The summed E-state index contributed by atoms with van der Waals surface area (Å²) in [6, 6.07) is 12.7. The molecular formula is C31H32FN5O4. The third kappa shape index (κ3) is 4.52. The van der Waals surface area contributed by atoms with Gasteiger partial charge in [-0.25, -0.2) is 14.2 Å². The van der Waals surface area contributed by atoms with Crippen molar-refractivity contribution in [3.63, 3.8) is 0 Å². The van der Waals surface area contributed by atoms with Gasteiger partial charge in [0.1, 0.15) is 22.8 Å². The SMILES string of the molecule is CCOC(=O)c1cnn2c(Nc3ccc(F)cc3C)c(C(=O)N3CCC4(CC3)OC(C)(C)c3ccccc34)cnc12. The summed E-state index contributed by atoms with van der Waals surface area (Å²) in [5, 5.41) is 7.64. The maximum absolute atomic E-state index is 14.0. The molecule has 0 atom stereocenters. The number of rotatable bonds is 5. The second-order valence-electron chi connectivity index (χ2n) is 11.1. The number of benzene rings is 2. The summed E-state index contributed by atoms with van der Waals surface area (Å²) in [7, 11) is 0. The molecule has 0 aliphatic carbocycles. The van der Waals surface area contributed by atoms with Crippen LogP contribution in [-0.4, -0.2) is 51.1 Å². The summed E-state index contributed by atoms with van der Waals surface area (Å²) < 4.78 is 27.1. The zero-order valence-corrected chi connectivity index (χ0v) is 23.5. The molecule has 2 aliphatic rings. The molecule has 1 spiro atoms. The first kappa shape index (κ1) is 26.9. The summed E-state index contributed by atoms with van der Waals surface area (Å²) >= 11 is 0. The van der Waals surface area contributed by atoms with Gasteiger partial charge >= 0.3 is 5.97 Å². The number of hydrogen-bond acceptors (Lipinski definition) is 7. The Kier molecular flexibility index (Phi) is 6.53. The highest BCUT2D eigenvalue weighted by molar-refractivity contribution is 6.01. The van der Waals surface area contributed by atoms with Crippen LogP contribution in [0.15, 0.2) is 54.9 Å². The molecule has 0 bridgehead atoms. The van der Waals surface area contributed by atoms with Gasteiger partial charge in [-0.15, -0.1) is 0 Å². The normalized spacial score (nSPS) is 17.0. The Labute approximate surface area is 237 Å². The summed E-state index contributed by atoms with van der Waals surface area (Å²) in [5.74, 6) is -0.822. The predicted octanol–water partition coefficient (Wildman–Crippen LogP) is 5.49. The topological polar surface area (TPSA) is 98.1 Å². The molecule has 1 fully saturated rings. The van der Waals surface area contributed by atoms with Crippen LogP contribution in [0.1, 0.15) is 71.0 Å². The number of halogens is 1. The van der Waals surface area contributed by atoms with E-state index in [4.69, 9.17) is 9.47 Å². The van der Waals surface area contributed by atoms with Crippen molar-refractivity contribution in [1.29, 1.82) is 0 Å². The third-order valence-electron chi connectivity index (χ3n) is 8.07. The number of carbonyl (C=O) groups is 2. The summed E-state index contributed by atoms with van der Waals surface area (Å²) in [6.45, 7) is 8.84. The Morgan fingerprint density at radius 1 is 1.07 bits per heavy atom. The Morgan fingerprint density at radius 3 is 2.51 bits per heavy atom. The molecule has 1 saturated heterocycles. The van der Waals surface area contributed by atoms with Crippen molar-refractivity contribution in [3.05, 3.63) is 88.5 Å². The highest BCUT2D eigenvalue weighted by Crippen LogP contribution is 2.51. The predicted molar refractivity (Wildman–Crippen MR) is 151 cm³/mol. The molecule has 10 heteroatoms. The Hall–Kier alpha value is -4.31. The minimum absolute atomic E-state index is 0.185. The van der Waals surface area contributed by atoms with Crippen molar-refractivity contribution in [2.24, 2.45) is 0 Å². The lowest BCUT2D eigenvalue weighted by molar-refractivity contribution is -0.146. The van der Waals surface area contributed by atoms with Gasteiger partial charge in [0.15, 0.2) is 5.65 Å². The van der Waals surface area contributed by atoms with Gasteiger partial charge in [-0.2, -0.15) is 9.61 Å². The smallest absolute Gasteiger partial charge is 0.343 e. The van der Waals surface area contributed by atoms with Crippen molar-refractivity contribution < 1.29 is 23.5 Å². The second kappa shape index (κ2) is 9.95. The Bertz CT molecular complexity index is 1670. The fraction of sp³-hybridized carbons (Fsp3) is 0.355. The van der Waals surface area contributed by atoms with Crippen LogP contribution in [0.2, 0.25) is 0 Å². The maximum atomic E-state index is 14.0. The number of nitrogens with one attached hydrogen (secondary N) is 1. The average molecular weight is 558 g/mol. The van der Waals surface area contributed by atoms with Gasteiger partial charge < -0.3 is 19.7 Å². The number of likely N-dealkylation sites (tertiary alicyclic amines) is 1. The molecule has 41 heavy (non-hydrogen) atoms. The summed E-state index contributed by atoms with van der Waals surface area (Å²) in [5.41, 5.74) is 3.48. The average Bonchev–Trinajstić information content (AvgIpc) is 3.48. The second-order valence-corrected chi connectivity index (χ2v) is 11.1. The van der Waals surface area contributed by atoms with Gasteiger partial charge in [-0.1, -0.05) is 24.3 Å². The number of aryl methyl sites for hydroxylation is 1. The van der Waals surface area contributed by atoms with Crippen LogP contribution in [0.5, 0.6) is 0 Å². The van der Waals surface area contributed by atoms with E-state index < -0.39 is 17.2 Å². The summed E-state index contributed by atoms with van der Waals surface area (Å²) in [4.78, 5) is 32.8. The first-order valence-corrected chi connectivity index (χ1v) is 13.8. The van der Waals surface area contributed by atoms with Gasteiger partial charge in [0.2, 0.25) is 0 Å². The molecule has 0 saturated carbocycles. The van der Waals surface area contributed by atoms with Crippen LogP contribution >= 0.6 is 0 Å². The van der Waals surface area contributed by atoms with Crippen molar-refractivity contribution >= 4 is 29.0 Å². The van der Waals surface area contributed by atoms with E-state index in [9.17, 15) is 14.0 Å². The van der Waals surface area contributed by atoms with Gasteiger partial charge in [0.25, 0.3) is 5.91 Å². The number of fused-ring (bicyclic) bond motifs is 3.